The molecule has 0 saturated carbocycles. The van der Waals surface area contributed by atoms with Crippen LogP contribution >= 0.6 is 34.0 Å². The molecule has 0 N–H and O–H groups in total. The molecule has 694 valence electrons. The summed E-state index contributed by atoms with van der Waals surface area (Å²) in [7, 11) is 0. The second-order valence-corrected chi connectivity index (χ2v) is 39.6. The fourth-order valence-corrected chi connectivity index (χ4v) is 23.8. The normalized spacial score (nSPS) is 11.4. The molecular formula is C135H85N9OS3. The van der Waals surface area contributed by atoms with Gasteiger partial charge in [-0.1, -0.05) is 443 Å². The molecule has 7 aromatic heterocycles. The zero-order chi connectivity index (χ0) is 98.2. The standard InChI is InChI=1S/C45H27N3OS.2C45H29N3S/c1-4-14-28(15-5-1)31-26-36(29-16-6-2-7-17-29)42-37(27-31)40-34(22-13-25-39(40)50-42)44-46-43(30-18-8-3-9-19-30)47-45(48-44)35-23-12-21-33-32-20-10-11-24-38(32)49-41(33)35;1-5-15-30(16-6-1)34-23-13-24-35(27-34)44-46-43(33-21-11-4-12-22-33)47-45(48-44)37-25-14-26-40-41(37)39-29-36(31-17-7-2-8-18-31)28-38(42(39)49-40)32-19-9-3-10-20-32;1-5-14-30(15-6-1)32-24-26-35(27-25-32)44-46-43(34-20-11-4-12-21-34)47-45(48-44)37-22-13-23-40-41(37)39-29-36(31-16-7-2-8-17-31)28-38(42(39)49-40)33-18-9-3-10-19-33/h1-27H;2*1-29H. The van der Waals surface area contributed by atoms with Crippen LogP contribution in [-0.2, 0) is 0 Å². The Bertz CT molecular complexity index is 9790. The Labute approximate surface area is 866 Å². The van der Waals surface area contributed by atoms with Gasteiger partial charge in [0.15, 0.2) is 52.4 Å². The summed E-state index contributed by atoms with van der Waals surface area (Å²) in [6.07, 6.45) is 0. The van der Waals surface area contributed by atoms with E-state index in [1.165, 1.54) is 117 Å². The molecule has 0 aliphatic heterocycles. The van der Waals surface area contributed by atoms with Gasteiger partial charge < -0.3 is 4.42 Å². The maximum absolute atomic E-state index is 6.46. The highest BCUT2D eigenvalue weighted by Crippen LogP contribution is 2.52. The Balaban J connectivity index is 0.000000112. The maximum Gasteiger partial charge on any atom is 0.167 e. The van der Waals surface area contributed by atoms with Gasteiger partial charge >= 0.3 is 0 Å². The maximum atomic E-state index is 6.46. The molecule has 0 fully saturated rings. The largest absolute Gasteiger partial charge is 0.455 e. The number of para-hydroxylation sites is 2. The average molecular weight is 1950 g/mol. The van der Waals surface area contributed by atoms with Crippen molar-refractivity contribution in [2.45, 2.75) is 0 Å². The minimum Gasteiger partial charge on any atom is -0.455 e. The number of furan rings is 1. The number of nitrogens with zero attached hydrogens (tertiary/aromatic N) is 9. The van der Waals surface area contributed by atoms with Gasteiger partial charge in [-0.2, -0.15) is 0 Å². The first-order valence-corrected chi connectivity index (χ1v) is 51.8. The van der Waals surface area contributed by atoms with Crippen LogP contribution in [0.3, 0.4) is 0 Å². The molecule has 0 amide bonds. The van der Waals surface area contributed by atoms with Crippen LogP contribution < -0.4 is 0 Å². The minimum atomic E-state index is 0.574. The smallest absolute Gasteiger partial charge is 0.167 e. The van der Waals surface area contributed by atoms with Crippen molar-refractivity contribution in [1.82, 2.24) is 44.9 Å². The van der Waals surface area contributed by atoms with Gasteiger partial charge in [0.2, 0.25) is 0 Å². The van der Waals surface area contributed by atoms with E-state index >= 15 is 0 Å². The van der Waals surface area contributed by atoms with E-state index in [2.05, 4.69) is 413 Å². The van der Waals surface area contributed by atoms with E-state index in [1.54, 1.807) is 0 Å². The van der Waals surface area contributed by atoms with Crippen LogP contribution in [0.15, 0.2) is 520 Å². The predicted octanol–water partition coefficient (Wildman–Crippen LogP) is 37.0. The first-order valence-electron chi connectivity index (χ1n) is 49.3. The molecular weight excluding hydrogens is 1860 g/mol. The van der Waals surface area contributed by atoms with Crippen LogP contribution in [0.5, 0.6) is 0 Å². The van der Waals surface area contributed by atoms with Crippen LogP contribution in [-0.4, -0.2) is 44.9 Å². The number of hydrogen-bond donors (Lipinski definition) is 0. The molecule has 0 spiro atoms. The van der Waals surface area contributed by atoms with E-state index in [9.17, 15) is 0 Å². The monoisotopic (exact) mass is 1940 g/mol. The van der Waals surface area contributed by atoms with E-state index in [0.717, 1.165) is 105 Å². The summed E-state index contributed by atoms with van der Waals surface area (Å²) in [6.45, 7) is 0. The molecule has 0 radical (unpaired) electrons. The molecule has 148 heavy (non-hydrogen) atoms. The van der Waals surface area contributed by atoms with Crippen molar-refractivity contribution in [2.75, 3.05) is 0 Å². The van der Waals surface area contributed by atoms with Crippen molar-refractivity contribution in [2.24, 2.45) is 0 Å². The minimum absolute atomic E-state index is 0.574. The summed E-state index contributed by atoms with van der Waals surface area (Å²) < 4.78 is 13.8. The van der Waals surface area contributed by atoms with E-state index in [-0.39, 0.29) is 0 Å². The topological polar surface area (TPSA) is 129 Å². The van der Waals surface area contributed by atoms with E-state index in [4.69, 9.17) is 49.3 Å². The molecule has 10 nitrogen and oxygen atoms in total. The second kappa shape index (κ2) is 39.4. The molecule has 0 aliphatic rings. The highest BCUT2D eigenvalue weighted by Gasteiger charge is 2.27. The quantitative estimate of drug-likeness (QED) is 0.0869. The number of benzene rings is 21. The summed E-state index contributed by atoms with van der Waals surface area (Å²) in [5.74, 6) is 5.73. The molecule has 0 aliphatic carbocycles. The fraction of sp³-hybridized carbons (Fsp3) is 0. The third-order valence-corrected chi connectivity index (χ3v) is 30.8. The van der Waals surface area contributed by atoms with E-state index in [0.29, 0.717) is 52.4 Å². The van der Waals surface area contributed by atoms with Crippen molar-refractivity contribution in [3.63, 3.8) is 0 Å². The van der Waals surface area contributed by atoms with E-state index in [1.807, 2.05) is 137 Å². The SMILES string of the molecule is c1ccc(-c2cc(-c3ccccc3)c3sc4cccc(-c5nc(-c6ccccc6)nc(-c6cccc7c6oc6ccccc67)n5)c4c3c2)cc1.c1ccc(-c2ccc(-c3nc(-c4ccccc4)nc(-c4cccc5sc6c(-c7ccccc7)cc(-c7ccccc7)cc6c45)n3)cc2)cc1.c1ccc(-c2cccc(-c3nc(-c4ccccc4)nc(-c4cccc5sc6c(-c7ccccc7)cc(-c7ccccc7)cc6c45)n3)c2)cc1. The van der Waals surface area contributed by atoms with E-state index < -0.39 is 0 Å². The summed E-state index contributed by atoms with van der Waals surface area (Å²) in [6, 6.07) is 180. The molecule has 0 saturated heterocycles. The Hall–Kier alpha value is -18.9. The highest BCUT2D eigenvalue weighted by atomic mass is 32.1. The van der Waals surface area contributed by atoms with Crippen molar-refractivity contribution in [1.29, 1.82) is 0 Å². The summed E-state index contributed by atoms with van der Waals surface area (Å²) in [5.41, 5.74) is 29.1. The van der Waals surface area contributed by atoms with Crippen LogP contribution in [0.25, 0.3) is 274 Å². The third-order valence-electron chi connectivity index (χ3n) is 27.2. The van der Waals surface area contributed by atoms with Gasteiger partial charge in [-0.15, -0.1) is 34.0 Å². The van der Waals surface area contributed by atoms with Gasteiger partial charge in [0, 0.05) is 132 Å². The molecule has 21 aromatic carbocycles. The van der Waals surface area contributed by atoms with Crippen molar-refractivity contribution >= 4 is 116 Å². The first kappa shape index (κ1) is 89.2. The summed E-state index contributed by atoms with van der Waals surface area (Å²) >= 11 is 5.47. The lowest BCUT2D eigenvalue weighted by Crippen LogP contribution is -2.00. The Morgan fingerprint density at radius 3 is 0.723 bits per heavy atom. The second-order valence-electron chi connectivity index (χ2n) is 36.4. The van der Waals surface area contributed by atoms with Crippen LogP contribution in [0.4, 0.5) is 0 Å². The summed E-state index contributed by atoms with van der Waals surface area (Å²) in [4.78, 5) is 46.3. The van der Waals surface area contributed by atoms with Gasteiger partial charge in [0.25, 0.3) is 0 Å². The fourth-order valence-electron chi connectivity index (χ4n) is 20.1. The molecule has 13 heteroatoms. The molecule has 0 bridgehead atoms. The van der Waals surface area contributed by atoms with Crippen LogP contribution in [0, 0.1) is 0 Å². The molecule has 7 heterocycles. The lowest BCUT2D eigenvalue weighted by Gasteiger charge is -2.11. The van der Waals surface area contributed by atoms with Gasteiger partial charge in [-0.3, -0.25) is 0 Å². The molecule has 28 aromatic rings. The van der Waals surface area contributed by atoms with Gasteiger partial charge in [0.05, 0.1) is 5.56 Å². The van der Waals surface area contributed by atoms with Crippen molar-refractivity contribution in [3.8, 4) is 192 Å². The zero-order valence-corrected chi connectivity index (χ0v) is 82.2. The number of aromatic nitrogens is 9. The number of rotatable bonds is 17. The van der Waals surface area contributed by atoms with Crippen LogP contribution in [0.1, 0.15) is 0 Å². The average Bonchev–Trinajstić information content (AvgIpc) is 1.59. The van der Waals surface area contributed by atoms with Crippen molar-refractivity contribution in [3.05, 3.63) is 516 Å². The predicted molar refractivity (Wildman–Crippen MR) is 618 cm³/mol. The van der Waals surface area contributed by atoms with Crippen LogP contribution in [0.2, 0.25) is 0 Å². The highest BCUT2D eigenvalue weighted by molar-refractivity contribution is 7.27. The zero-order valence-electron chi connectivity index (χ0n) is 79.7. The number of hydrogen-bond acceptors (Lipinski definition) is 13. The first-order chi connectivity index (χ1) is 73.3. The Morgan fingerprint density at radius 1 is 0.135 bits per heavy atom. The van der Waals surface area contributed by atoms with Gasteiger partial charge in [0.1, 0.15) is 11.2 Å². The molecule has 0 unspecified atom stereocenters. The molecule has 0 atom stereocenters. The molecule has 28 rings (SSSR count). The third kappa shape index (κ3) is 17.5. The summed E-state index contributed by atoms with van der Waals surface area (Å²) in [5, 5.41) is 9.15. The van der Waals surface area contributed by atoms with Gasteiger partial charge in [-0.25, -0.2) is 44.9 Å². The Kier molecular flexibility index (Phi) is 23.8. The lowest BCUT2D eigenvalue weighted by molar-refractivity contribution is 0.669. The Morgan fingerprint density at radius 2 is 0.365 bits per heavy atom. The number of thiophene rings is 3. The lowest BCUT2D eigenvalue weighted by atomic mass is 9.95. The van der Waals surface area contributed by atoms with Crippen molar-refractivity contribution < 1.29 is 4.42 Å². The van der Waals surface area contributed by atoms with Gasteiger partial charge in [-0.05, 0) is 145 Å². The number of fused-ring (bicyclic) bond motifs is 12.